The highest BCUT2D eigenvalue weighted by Crippen LogP contribution is 2.13. The molecule has 0 aromatic rings. The zero-order valence-electron chi connectivity index (χ0n) is 38.8. The number of unbranched alkanes of at least 4 members (excludes halogenated alkanes) is 24. The fourth-order valence-corrected chi connectivity index (χ4v) is 6.76. The Morgan fingerprint density at radius 1 is 0.373 bits per heavy atom. The molecule has 0 heterocycles. The molecule has 0 aliphatic rings. The number of carbonyl (C=O) groups excluding carboxylic acids is 3. The molecule has 0 aromatic heterocycles. The van der Waals surface area contributed by atoms with Gasteiger partial charge >= 0.3 is 17.9 Å². The van der Waals surface area contributed by atoms with E-state index < -0.39 is 6.10 Å². The lowest BCUT2D eigenvalue weighted by Gasteiger charge is -2.18. The van der Waals surface area contributed by atoms with E-state index in [9.17, 15) is 14.4 Å². The van der Waals surface area contributed by atoms with Gasteiger partial charge in [0.05, 0.1) is 0 Å². The quantitative estimate of drug-likeness (QED) is 0.0200. The van der Waals surface area contributed by atoms with Crippen LogP contribution in [0.5, 0.6) is 0 Å². The second-order valence-electron chi connectivity index (χ2n) is 16.4. The maximum atomic E-state index is 12.8. The summed E-state index contributed by atoms with van der Waals surface area (Å²) < 4.78 is 16.7. The highest BCUT2D eigenvalue weighted by molar-refractivity contribution is 5.71. The second-order valence-corrected chi connectivity index (χ2v) is 16.4. The zero-order valence-corrected chi connectivity index (χ0v) is 38.8. The summed E-state index contributed by atoms with van der Waals surface area (Å²) in [6, 6.07) is 0. The summed E-state index contributed by atoms with van der Waals surface area (Å²) in [6.45, 7) is 6.46. The molecule has 0 bridgehead atoms. The van der Waals surface area contributed by atoms with Gasteiger partial charge in [-0.05, 0) is 96.3 Å². The van der Waals surface area contributed by atoms with Crippen molar-refractivity contribution < 1.29 is 28.6 Å². The van der Waals surface area contributed by atoms with Crippen LogP contribution in [0.4, 0.5) is 0 Å². The third-order valence-electron chi connectivity index (χ3n) is 10.5. The molecule has 0 fully saturated rings. The fourth-order valence-electron chi connectivity index (χ4n) is 6.76. The predicted molar refractivity (Wildman–Crippen MR) is 251 cm³/mol. The van der Waals surface area contributed by atoms with Gasteiger partial charge in [0.2, 0.25) is 0 Å². The van der Waals surface area contributed by atoms with Gasteiger partial charge in [-0.3, -0.25) is 14.4 Å². The SMILES string of the molecule is CC/C=C\C/C=C\CCCCCCCC(=O)OCC(COC(=O)CCCCCCCC/C=C\C=C/CCCCC)OC(=O)CCCCC/C=C\CCCCCCCCC. The van der Waals surface area contributed by atoms with Crippen LogP contribution in [0.2, 0.25) is 0 Å². The zero-order chi connectivity index (χ0) is 43.0. The van der Waals surface area contributed by atoms with Crippen LogP contribution in [-0.2, 0) is 28.6 Å². The van der Waals surface area contributed by atoms with E-state index in [1.54, 1.807) is 0 Å². The molecule has 0 aromatic carbocycles. The molecule has 0 saturated heterocycles. The van der Waals surface area contributed by atoms with Crippen LogP contribution < -0.4 is 0 Å². The smallest absolute Gasteiger partial charge is 0.306 e. The average Bonchev–Trinajstić information content (AvgIpc) is 3.23. The molecular formula is C53H92O6. The van der Waals surface area contributed by atoms with E-state index in [-0.39, 0.29) is 31.1 Å². The van der Waals surface area contributed by atoms with Crippen LogP contribution in [0.3, 0.4) is 0 Å². The minimum atomic E-state index is -0.791. The molecule has 0 aliphatic carbocycles. The average molecular weight is 825 g/mol. The van der Waals surface area contributed by atoms with Gasteiger partial charge in [0, 0.05) is 19.3 Å². The third-order valence-corrected chi connectivity index (χ3v) is 10.5. The molecule has 6 heteroatoms. The Morgan fingerprint density at radius 2 is 0.712 bits per heavy atom. The summed E-state index contributed by atoms with van der Waals surface area (Å²) in [6.07, 6.45) is 57.7. The van der Waals surface area contributed by atoms with Crippen LogP contribution in [0.1, 0.15) is 239 Å². The van der Waals surface area contributed by atoms with Gasteiger partial charge in [0.1, 0.15) is 13.2 Å². The number of carbonyl (C=O) groups is 3. The number of esters is 3. The minimum Gasteiger partial charge on any atom is -0.462 e. The predicted octanol–water partition coefficient (Wildman–Crippen LogP) is 16.1. The summed E-state index contributed by atoms with van der Waals surface area (Å²) in [7, 11) is 0. The first-order valence-corrected chi connectivity index (χ1v) is 24.8. The minimum absolute atomic E-state index is 0.0911. The molecule has 0 spiro atoms. The molecule has 1 atom stereocenters. The van der Waals surface area contributed by atoms with Crippen LogP contribution >= 0.6 is 0 Å². The lowest BCUT2D eigenvalue weighted by molar-refractivity contribution is -0.167. The van der Waals surface area contributed by atoms with E-state index in [4.69, 9.17) is 14.2 Å². The summed E-state index contributed by atoms with van der Waals surface area (Å²) in [5.74, 6) is -0.932. The normalized spacial score (nSPS) is 12.5. The molecule has 6 nitrogen and oxygen atoms in total. The standard InChI is InChI=1S/C53H92O6/c1-4-7-10-13-16-19-22-25-27-29-31-34-37-40-43-46-52(55)58-49-50(48-57-51(54)45-42-39-36-33-30-24-21-18-15-12-9-6-3)59-53(56)47-44-41-38-35-32-28-26-23-20-17-14-11-8-5-2/h9,12,16,18-19,21-22,25,28,32,50H,4-8,10-11,13-15,17,20,23-24,26-27,29-31,33-49H2,1-3H3/b12-9-,19-16-,21-18-,25-22-,32-28-. The van der Waals surface area contributed by atoms with Gasteiger partial charge in [-0.25, -0.2) is 0 Å². The highest BCUT2D eigenvalue weighted by Gasteiger charge is 2.19. The first-order chi connectivity index (χ1) is 29.0. The van der Waals surface area contributed by atoms with Crippen molar-refractivity contribution >= 4 is 17.9 Å². The molecule has 0 radical (unpaired) electrons. The number of hydrogen-bond donors (Lipinski definition) is 0. The monoisotopic (exact) mass is 825 g/mol. The lowest BCUT2D eigenvalue weighted by atomic mass is 10.1. The Labute approximate surface area is 364 Å². The topological polar surface area (TPSA) is 78.9 Å². The van der Waals surface area contributed by atoms with Crippen molar-refractivity contribution in [3.63, 3.8) is 0 Å². The van der Waals surface area contributed by atoms with Crippen molar-refractivity contribution in [2.75, 3.05) is 13.2 Å². The Bertz CT molecular complexity index is 1090. The number of allylic oxidation sites excluding steroid dienone is 10. The van der Waals surface area contributed by atoms with E-state index in [0.29, 0.717) is 19.3 Å². The van der Waals surface area contributed by atoms with Crippen LogP contribution in [0, 0.1) is 0 Å². The first kappa shape index (κ1) is 56.1. The van der Waals surface area contributed by atoms with Crippen molar-refractivity contribution in [3.05, 3.63) is 60.8 Å². The summed E-state index contributed by atoms with van der Waals surface area (Å²) in [4.78, 5) is 37.9. The van der Waals surface area contributed by atoms with Gasteiger partial charge < -0.3 is 14.2 Å². The van der Waals surface area contributed by atoms with Gasteiger partial charge in [0.25, 0.3) is 0 Å². The molecule has 1 unspecified atom stereocenters. The summed E-state index contributed by atoms with van der Waals surface area (Å²) in [5, 5.41) is 0. The van der Waals surface area contributed by atoms with Gasteiger partial charge in [-0.2, -0.15) is 0 Å². The van der Waals surface area contributed by atoms with Crippen molar-refractivity contribution in [2.45, 2.75) is 245 Å². The number of ether oxygens (including phenoxy) is 3. The largest absolute Gasteiger partial charge is 0.462 e. The van der Waals surface area contributed by atoms with Crippen LogP contribution in [0.15, 0.2) is 60.8 Å². The molecule has 0 aliphatic heterocycles. The Kier molecular flexibility index (Phi) is 45.4. The molecule has 59 heavy (non-hydrogen) atoms. The third kappa shape index (κ3) is 46.0. The van der Waals surface area contributed by atoms with E-state index in [1.807, 2.05) is 0 Å². The summed E-state index contributed by atoms with van der Waals surface area (Å²) in [5.41, 5.74) is 0. The van der Waals surface area contributed by atoms with E-state index in [1.165, 1.54) is 89.9 Å². The molecule has 340 valence electrons. The maximum absolute atomic E-state index is 12.8. The molecule has 0 amide bonds. The second kappa shape index (κ2) is 47.8. The van der Waals surface area contributed by atoms with Crippen LogP contribution in [-0.4, -0.2) is 37.2 Å². The van der Waals surface area contributed by atoms with Crippen molar-refractivity contribution in [1.82, 2.24) is 0 Å². The Hall–Kier alpha value is -2.89. The van der Waals surface area contributed by atoms with Crippen LogP contribution in [0.25, 0.3) is 0 Å². The van der Waals surface area contributed by atoms with E-state index in [0.717, 1.165) is 109 Å². The fraction of sp³-hybridized carbons (Fsp3) is 0.755. The Morgan fingerprint density at radius 3 is 1.19 bits per heavy atom. The maximum Gasteiger partial charge on any atom is 0.306 e. The Balaban J connectivity index is 4.43. The van der Waals surface area contributed by atoms with Gasteiger partial charge in [-0.15, -0.1) is 0 Å². The van der Waals surface area contributed by atoms with Crippen molar-refractivity contribution in [3.8, 4) is 0 Å². The molecule has 0 saturated carbocycles. The lowest BCUT2D eigenvalue weighted by Crippen LogP contribution is -2.30. The van der Waals surface area contributed by atoms with Crippen molar-refractivity contribution in [1.29, 1.82) is 0 Å². The van der Waals surface area contributed by atoms with E-state index >= 15 is 0 Å². The van der Waals surface area contributed by atoms with E-state index in [2.05, 4.69) is 81.5 Å². The van der Waals surface area contributed by atoms with Gasteiger partial charge in [-0.1, -0.05) is 184 Å². The number of hydrogen-bond acceptors (Lipinski definition) is 6. The van der Waals surface area contributed by atoms with Crippen molar-refractivity contribution in [2.24, 2.45) is 0 Å². The molecular weight excluding hydrogens is 733 g/mol. The highest BCUT2D eigenvalue weighted by atomic mass is 16.6. The number of rotatable bonds is 44. The first-order valence-electron chi connectivity index (χ1n) is 24.8. The molecule has 0 rings (SSSR count). The summed E-state index contributed by atoms with van der Waals surface area (Å²) >= 11 is 0. The van der Waals surface area contributed by atoms with Gasteiger partial charge in [0.15, 0.2) is 6.10 Å². The molecule has 0 N–H and O–H groups in total.